The Morgan fingerprint density at radius 1 is 1.24 bits per heavy atom. The smallest absolute Gasteiger partial charge is 0.332 e. The van der Waals surface area contributed by atoms with Crippen LogP contribution in [0.25, 0.3) is 10.2 Å². The second kappa shape index (κ2) is 9.24. The zero-order valence-corrected chi connectivity index (χ0v) is 19.4. The first-order valence-corrected chi connectivity index (χ1v) is 11.5. The molecule has 1 N–H and O–H groups in total. The number of phenolic OH excluding ortho intramolecular Hbond substituents is 1. The van der Waals surface area contributed by atoms with Crippen molar-refractivity contribution >= 4 is 50.0 Å². The van der Waals surface area contributed by atoms with Crippen molar-refractivity contribution in [2.75, 3.05) is 20.0 Å². The zero-order chi connectivity index (χ0) is 23.7. The number of nitrogens with zero attached hydrogens (tertiary/aromatic N) is 3. The van der Waals surface area contributed by atoms with Crippen molar-refractivity contribution in [3.05, 3.63) is 51.0 Å². The van der Waals surface area contributed by atoms with Gasteiger partial charge in [0, 0.05) is 5.75 Å². The number of aromatic hydroxyl groups is 1. The van der Waals surface area contributed by atoms with Gasteiger partial charge in [-0.1, -0.05) is 0 Å². The number of carbonyl (C=O) groups excluding carboxylic acids is 1. The van der Waals surface area contributed by atoms with Gasteiger partial charge in [-0.25, -0.2) is 9.78 Å². The molecule has 0 spiro atoms. The van der Waals surface area contributed by atoms with Gasteiger partial charge in [0.15, 0.2) is 17.5 Å². The highest BCUT2D eigenvalue weighted by atomic mass is 32.2. The molecular formula is C21H19N3O7S2. The highest BCUT2D eigenvalue weighted by Gasteiger charge is 2.32. The van der Waals surface area contributed by atoms with Crippen molar-refractivity contribution in [2.45, 2.75) is 19.1 Å². The number of methoxy groups -OCH3 is 2. The fourth-order valence-electron chi connectivity index (χ4n) is 3.30. The molecule has 0 unspecified atom stereocenters. The van der Waals surface area contributed by atoms with Crippen LogP contribution < -0.4 is 9.47 Å². The molecule has 0 saturated carbocycles. The number of aliphatic imine (C=N–C) groups is 1. The molecule has 3 aromatic rings. The molecule has 10 nitrogen and oxygen atoms in total. The van der Waals surface area contributed by atoms with E-state index >= 15 is 0 Å². The van der Waals surface area contributed by atoms with Gasteiger partial charge in [0.2, 0.25) is 0 Å². The van der Waals surface area contributed by atoms with Crippen LogP contribution in [0.3, 0.4) is 0 Å². The molecule has 1 aliphatic heterocycles. The van der Waals surface area contributed by atoms with Crippen LogP contribution in [0.1, 0.15) is 23.6 Å². The summed E-state index contributed by atoms with van der Waals surface area (Å²) in [6.07, 6.45) is -0.910. The number of ether oxygens (including phenoxy) is 3. The van der Waals surface area contributed by atoms with E-state index in [1.807, 2.05) is 0 Å². The average molecular weight is 490 g/mol. The number of aromatic nitrogens is 1. The van der Waals surface area contributed by atoms with Crippen LogP contribution in [0, 0.1) is 10.1 Å². The molecule has 12 heteroatoms. The van der Waals surface area contributed by atoms with E-state index < -0.39 is 23.0 Å². The van der Waals surface area contributed by atoms with Gasteiger partial charge in [-0.3, -0.25) is 15.1 Å². The predicted molar refractivity (Wildman–Crippen MR) is 125 cm³/mol. The van der Waals surface area contributed by atoms with Gasteiger partial charge in [-0.15, -0.1) is 23.1 Å². The second-order valence-corrected chi connectivity index (χ2v) is 9.07. The topological polar surface area (TPSA) is 133 Å². The van der Waals surface area contributed by atoms with Crippen LogP contribution in [0.5, 0.6) is 17.2 Å². The first-order chi connectivity index (χ1) is 15.8. The van der Waals surface area contributed by atoms with Gasteiger partial charge in [-0.05, 0) is 31.2 Å². The number of nitro benzene ring substituents is 1. The van der Waals surface area contributed by atoms with Gasteiger partial charge in [0.25, 0.3) is 5.69 Å². The number of carbonyl (C=O) groups is 1. The molecule has 33 heavy (non-hydrogen) atoms. The quantitative estimate of drug-likeness (QED) is 0.296. The standard InChI is InChI=1S/C21H19N3O7S2/c1-10(12-7-16(29-2)17(30-3)8-15(12)24(27)28)31-21(26)14-9-32-19(23-14)20-22-13-5-4-11(25)6-18(13)33-20/h4-8,10,14,25H,9H2,1-3H3/t10-,14-/m1/s1. The lowest BCUT2D eigenvalue weighted by Gasteiger charge is -2.17. The zero-order valence-electron chi connectivity index (χ0n) is 17.8. The molecule has 0 aliphatic carbocycles. The van der Waals surface area contributed by atoms with Crippen molar-refractivity contribution in [1.82, 2.24) is 4.98 Å². The van der Waals surface area contributed by atoms with Gasteiger partial charge in [-0.2, -0.15) is 0 Å². The minimum absolute atomic E-state index is 0.151. The lowest BCUT2D eigenvalue weighted by molar-refractivity contribution is -0.386. The molecule has 2 atom stereocenters. The largest absolute Gasteiger partial charge is 0.508 e. The van der Waals surface area contributed by atoms with Gasteiger partial charge < -0.3 is 19.3 Å². The van der Waals surface area contributed by atoms with Crippen LogP contribution >= 0.6 is 23.1 Å². The summed E-state index contributed by atoms with van der Waals surface area (Å²) in [5.41, 5.74) is 0.680. The van der Waals surface area contributed by atoms with Crippen molar-refractivity contribution in [1.29, 1.82) is 0 Å². The van der Waals surface area contributed by atoms with Crippen molar-refractivity contribution < 1.29 is 29.0 Å². The van der Waals surface area contributed by atoms with E-state index in [0.29, 0.717) is 21.6 Å². The third-order valence-corrected chi connectivity index (χ3v) is 7.15. The lowest BCUT2D eigenvalue weighted by atomic mass is 10.1. The number of benzene rings is 2. The van der Waals surface area contributed by atoms with E-state index in [1.165, 1.54) is 49.5 Å². The van der Waals surface area contributed by atoms with E-state index in [2.05, 4.69) is 9.98 Å². The number of hydrogen-bond acceptors (Lipinski definition) is 11. The van der Waals surface area contributed by atoms with Crippen LogP contribution in [-0.4, -0.2) is 52.0 Å². The molecule has 172 valence electrons. The SMILES string of the molecule is COc1cc([C@@H](C)OC(=O)[C@H]2CSC(c3nc4ccc(O)cc4s3)=N2)c([N+](=O)[O-])cc1OC. The van der Waals surface area contributed by atoms with E-state index in [9.17, 15) is 20.0 Å². The summed E-state index contributed by atoms with van der Waals surface area (Å²) in [4.78, 5) is 32.7. The molecule has 1 aliphatic rings. The Kier molecular flexibility index (Phi) is 6.38. The molecular weight excluding hydrogens is 470 g/mol. The van der Waals surface area contributed by atoms with E-state index in [4.69, 9.17) is 14.2 Å². The fourth-order valence-corrected chi connectivity index (χ4v) is 5.39. The molecule has 0 amide bonds. The van der Waals surface area contributed by atoms with E-state index in [1.54, 1.807) is 25.1 Å². The molecule has 2 aromatic carbocycles. The number of thioether (sulfide) groups is 1. The fraction of sp³-hybridized carbons (Fsp3) is 0.286. The molecule has 4 rings (SSSR count). The van der Waals surface area contributed by atoms with E-state index in [-0.39, 0.29) is 22.7 Å². The first kappa shape index (κ1) is 22.8. The first-order valence-electron chi connectivity index (χ1n) is 9.72. The van der Waals surface area contributed by atoms with Crippen LogP contribution in [-0.2, 0) is 9.53 Å². The lowest BCUT2D eigenvalue weighted by Crippen LogP contribution is -2.23. The summed E-state index contributed by atoms with van der Waals surface area (Å²) in [5.74, 6) is 0.429. The molecule has 0 fully saturated rings. The summed E-state index contributed by atoms with van der Waals surface area (Å²) in [6.45, 7) is 1.55. The number of esters is 1. The van der Waals surface area contributed by atoms with Crippen molar-refractivity contribution in [3.63, 3.8) is 0 Å². The highest BCUT2D eigenvalue weighted by molar-refractivity contribution is 8.15. The van der Waals surface area contributed by atoms with Crippen molar-refractivity contribution in [3.8, 4) is 17.2 Å². The van der Waals surface area contributed by atoms with Gasteiger partial charge in [0.05, 0.1) is 41.0 Å². The Hall–Kier alpha value is -3.38. The van der Waals surface area contributed by atoms with Gasteiger partial charge in [0.1, 0.15) is 21.9 Å². The average Bonchev–Trinajstić information content (AvgIpc) is 3.44. The summed E-state index contributed by atoms with van der Waals surface area (Å²) >= 11 is 2.75. The number of phenols is 1. The molecule has 1 aromatic heterocycles. The normalized spacial score (nSPS) is 16.3. The molecule has 0 saturated heterocycles. The number of fused-ring (bicyclic) bond motifs is 1. The predicted octanol–water partition coefficient (Wildman–Crippen LogP) is 4.09. The van der Waals surface area contributed by atoms with Crippen LogP contribution in [0.2, 0.25) is 0 Å². The maximum absolute atomic E-state index is 12.8. The summed E-state index contributed by atoms with van der Waals surface area (Å²) in [7, 11) is 2.80. The molecule has 2 heterocycles. The Morgan fingerprint density at radius 3 is 2.67 bits per heavy atom. The molecule has 0 bridgehead atoms. The maximum atomic E-state index is 12.8. The molecule has 0 radical (unpaired) electrons. The monoisotopic (exact) mass is 489 g/mol. The Morgan fingerprint density at radius 2 is 1.97 bits per heavy atom. The van der Waals surface area contributed by atoms with Crippen LogP contribution in [0.4, 0.5) is 5.69 Å². The maximum Gasteiger partial charge on any atom is 0.332 e. The second-order valence-electron chi connectivity index (χ2n) is 7.03. The highest BCUT2D eigenvalue weighted by Crippen LogP contribution is 2.39. The summed E-state index contributed by atoms with van der Waals surface area (Å²) in [5, 5.41) is 22.5. The Labute approximate surface area is 196 Å². The van der Waals surface area contributed by atoms with Crippen LogP contribution in [0.15, 0.2) is 35.3 Å². The van der Waals surface area contributed by atoms with Crippen molar-refractivity contribution in [2.24, 2.45) is 4.99 Å². The third kappa shape index (κ3) is 4.57. The Bertz CT molecular complexity index is 1270. The number of nitro groups is 1. The minimum Gasteiger partial charge on any atom is -0.508 e. The summed E-state index contributed by atoms with van der Waals surface area (Å²) < 4.78 is 16.7. The third-order valence-electron chi connectivity index (χ3n) is 4.94. The minimum atomic E-state index is -0.910. The number of hydrogen-bond donors (Lipinski definition) is 1. The number of thiazole rings is 1. The summed E-state index contributed by atoms with van der Waals surface area (Å²) in [6, 6.07) is 6.82. The Balaban J connectivity index is 1.53. The van der Waals surface area contributed by atoms with E-state index in [0.717, 1.165) is 10.2 Å². The van der Waals surface area contributed by atoms with Gasteiger partial charge >= 0.3 is 5.97 Å². The number of rotatable bonds is 7.